The van der Waals surface area contributed by atoms with Crippen molar-refractivity contribution >= 4 is 5.95 Å². The summed E-state index contributed by atoms with van der Waals surface area (Å²) in [4.78, 5) is 6.73. The fourth-order valence-electron chi connectivity index (χ4n) is 5.51. The van der Waals surface area contributed by atoms with E-state index in [9.17, 15) is 9.50 Å². The van der Waals surface area contributed by atoms with Crippen molar-refractivity contribution < 1.29 is 14.2 Å². The van der Waals surface area contributed by atoms with Crippen molar-refractivity contribution in [2.24, 2.45) is 5.92 Å². The lowest BCUT2D eigenvalue weighted by molar-refractivity contribution is 0.138. The van der Waals surface area contributed by atoms with Gasteiger partial charge in [0.25, 0.3) is 0 Å². The van der Waals surface area contributed by atoms with Crippen LogP contribution in [0.3, 0.4) is 0 Å². The highest BCUT2D eigenvalue weighted by molar-refractivity contribution is 5.73. The van der Waals surface area contributed by atoms with Crippen molar-refractivity contribution in [3.63, 3.8) is 0 Å². The molecule has 39 heavy (non-hydrogen) atoms. The second kappa shape index (κ2) is 11.4. The Balaban J connectivity index is 0.968. The number of aromatic hydroxyl groups is 1. The van der Waals surface area contributed by atoms with Crippen LogP contribution in [0.2, 0.25) is 0 Å². The van der Waals surface area contributed by atoms with Gasteiger partial charge in [0.1, 0.15) is 23.0 Å². The van der Waals surface area contributed by atoms with Crippen LogP contribution in [-0.2, 0) is 0 Å². The number of nitrogens with one attached hydrogen (secondary N) is 2. The van der Waals surface area contributed by atoms with E-state index in [1.807, 2.05) is 18.2 Å². The molecule has 0 bridgehead atoms. The number of H-pyrrole nitrogens is 1. The third-order valence-corrected chi connectivity index (χ3v) is 7.69. The molecule has 1 aliphatic carbocycles. The molecule has 2 aliphatic rings. The summed E-state index contributed by atoms with van der Waals surface area (Å²) < 4.78 is 19.4. The number of rotatable bonds is 8. The molecule has 202 valence electrons. The van der Waals surface area contributed by atoms with Gasteiger partial charge in [-0.05, 0) is 74.4 Å². The summed E-state index contributed by atoms with van der Waals surface area (Å²) in [5.74, 6) is 1.61. The number of aromatic amines is 1. The monoisotopic (exact) mass is 529 g/mol. The van der Waals surface area contributed by atoms with E-state index in [-0.39, 0.29) is 17.7 Å². The second-order valence-electron chi connectivity index (χ2n) is 10.4. The zero-order valence-electron chi connectivity index (χ0n) is 21.6. The highest BCUT2D eigenvalue weighted by Crippen LogP contribution is 2.32. The van der Waals surface area contributed by atoms with Crippen LogP contribution < -0.4 is 15.0 Å². The van der Waals surface area contributed by atoms with Gasteiger partial charge in [0.15, 0.2) is 0 Å². The van der Waals surface area contributed by atoms with Crippen molar-refractivity contribution in [2.75, 3.05) is 24.5 Å². The number of anilines is 1. The molecule has 0 amide bonds. The van der Waals surface area contributed by atoms with Gasteiger partial charge >= 0.3 is 0 Å². The second-order valence-corrected chi connectivity index (χ2v) is 10.4. The Labute approximate surface area is 226 Å². The van der Waals surface area contributed by atoms with E-state index in [0.717, 1.165) is 62.9 Å². The molecule has 6 rings (SSSR count). The van der Waals surface area contributed by atoms with E-state index in [0.29, 0.717) is 34.9 Å². The molecule has 1 saturated carbocycles. The molecular weight excluding hydrogens is 497 g/mol. The van der Waals surface area contributed by atoms with Crippen LogP contribution in [0, 0.1) is 11.7 Å². The van der Waals surface area contributed by atoms with Gasteiger partial charge < -0.3 is 20.1 Å². The van der Waals surface area contributed by atoms with Gasteiger partial charge in [-0.25, -0.2) is 9.37 Å². The maximum Gasteiger partial charge on any atom is 0.245 e. The highest BCUT2D eigenvalue weighted by Gasteiger charge is 2.27. The molecule has 1 unspecified atom stereocenters. The van der Waals surface area contributed by atoms with Gasteiger partial charge in [-0.15, -0.1) is 10.2 Å². The van der Waals surface area contributed by atoms with Crippen molar-refractivity contribution in [2.45, 2.75) is 44.2 Å². The molecule has 9 nitrogen and oxygen atoms in total. The molecule has 2 fully saturated rings. The van der Waals surface area contributed by atoms with Crippen LogP contribution in [-0.4, -0.2) is 62.3 Å². The lowest BCUT2D eigenvalue weighted by atomic mass is 9.92. The summed E-state index contributed by atoms with van der Waals surface area (Å²) in [5.41, 5.74) is 2.89. The SMILES string of the molecule is Oc1cc(-c2cn[nH]c2)ccc1-c1cnc(N2CCC(CNC3CCC(Oc4cccc(F)c4)CC3)C2)nn1. The summed E-state index contributed by atoms with van der Waals surface area (Å²) in [6.07, 6.45) is 10.4. The Kier molecular flexibility index (Phi) is 7.36. The highest BCUT2D eigenvalue weighted by atomic mass is 19.1. The van der Waals surface area contributed by atoms with Crippen molar-refractivity contribution in [3.05, 3.63) is 66.9 Å². The topological polar surface area (TPSA) is 112 Å². The summed E-state index contributed by atoms with van der Waals surface area (Å²) in [6, 6.07) is 12.3. The Morgan fingerprint density at radius 2 is 1.92 bits per heavy atom. The van der Waals surface area contributed by atoms with Gasteiger partial charge in [-0.3, -0.25) is 5.10 Å². The largest absolute Gasteiger partial charge is 0.507 e. The summed E-state index contributed by atoms with van der Waals surface area (Å²) in [6.45, 7) is 2.74. The molecular formula is C29H32FN7O2. The van der Waals surface area contributed by atoms with E-state index in [4.69, 9.17) is 4.74 Å². The maximum atomic E-state index is 13.4. The number of phenols is 1. The zero-order valence-corrected chi connectivity index (χ0v) is 21.6. The number of aromatic nitrogens is 5. The molecule has 0 radical (unpaired) electrons. The molecule has 10 heteroatoms. The Morgan fingerprint density at radius 1 is 1.03 bits per heavy atom. The third-order valence-electron chi connectivity index (χ3n) is 7.69. The minimum atomic E-state index is -0.263. The molecule has 0 spiro atoms. The average molecular weight is 530 g/mol. The van der Waals surface area contributed by atoms with Gasteiger partial charge in [0.05, 0.1) is 18.5 Å². The van der Waals surface area contributed by atoms with E-state index < -0.39 is 0 Å². The molecule has 4 aromatic rings. The number of ether oxygens (including phenoxy) is 1. The van der Waals surface area contributed by atoms with Crippen molar-refractivity contribution in [1.29, 1.82) is 0 Å². The molecule has 1 atom stereocenters. The normalized spacial score (nSPS) is 21.3. The fraction of sp³-hybridized carbons (Fsp3) is 0.379. The Morgan fingerprint density at radius 3 is 2.67 bits per heavy atom. The quantitative estimate of drug-likeness (QED) is 0.304. The minimum Gasteiger partial charge on any atom is -0.507 e. The van der Waals surface area contributed by atoms with Crippen LogP contribution in [0.1, 0.15) is 32.1 Å². The maximum absolute atomic E-state index is 13.4. The van der Waals surface area contributed by atoms with Crippen molar-refractivity contribution in [1.82, 2.24) is 30.7 Å². The summed E-state index contributed by atoms with van der Waals surface area (Å²) in [5, 5.41) is 29.7. The first-order chi connectivity index (χ1) is 19.1. The van der Waals surface area contributed by atoms with Crippen LogP contribution in [0.15, 0.2) is 61.1 Å². The van der Waals surface area contributed by atoms with Gasteiger partial charge in [0.2, 0.25) is 5.95 Å². The molecule has 2 aromatic heterocycles. The lowest BCUT2D eigenvalue weighted by Gasteiger charge is -2.30. The summed E-state index contributed by atoms with van der Waals surface area (Å²) in [7, 11) is 0. The first kappa shape index (κ1) is 25.2. The smallest absolute Gasteiger partial charge is 0.245 e. The average Bonchev–Trinajstić information content (AvgIpc) is 3.66. The number of benzene rings is 2. The predicted octanol–water partition coefficient (Wildman–Crippen LogP) is 4.58. The molecule has 1 aliphatic heterocycles. The predicted molar refractivity (Wildman–Crippen MR) is 146 cm³/mol. The van der Waals surface area contributed by atoms with Crippen LogP contribution in [0.5, 0.6) is 11.5 Å². The van der Waals surface area contributed by atoms with E-state index in [1.165, 1.54) is 12.1 Å². The fourth-order valence-corrected chi connectivity index (χ4v) is 5.51. The molecule has 1 saturated heterocycles. The van der Waals surface area contributed by atoms with Crippen LogP contribution >= 0.6 is 0 Å². The number of phenolic OH excluding ortho intramolecular Hbond substituents is 1. The first-order valence-corrected chi connectivity index (χ1v) is 13.5. The molecule has 2 aromatic carbocycles. The van der Waals surface area contributed by atoms with E-state index in [2.05, 4.69) is 35.6 Å². The van der Waals surface area contributed by atoms with Crippen molar-refractivity contribution in [3.8, 4) is 33.9 Å². The third kappa shape index (κ3) is 6.01. The first-order valence-electron chi connectivity index (χ1n) is 13.5. The minimum absolute atomic E-state index is 0.124. The lowest BCUT2D eigenvalue weighted by Crippen LogP contribution is -2.39. The zero-order chi connectivity index (χ0) is 26.6. The summed E-state index contributed by atoms with van der Waals surface area (Å²) >= 11 is 0. The molecule has 3 N–H and O–H groups in total. The van der Waals surface area contributed by atoms with Gasteiger partial charge in [0, 0.05) is 42.5 Å². The van der Waals surface area contributed by atoms with Gasteiger partial charge in [-0.2, -0.15) is 5.10 Å². The van der Waals surface area contributed by atoms with Gasteiger partial charge in [-0.1, -0.05) is 12.1 Å². The number of hydrogen-bond acceptors (Lipinski definition) is 8. The van der Waals surface area contributed by atoms with E-state index >= 15 is 0 Å². The van der Waals surface area contributed by atoms with Crippen LogP contribution in [0.25, 0.3) is 22.4 Å². The van der Waals surface area contributed by atoms with E-state index in [1.54, 1.807) is 30.7 Å². The van der Waals surface area contributed by atoms with Crippen LogP contribution in [0.4, 0.5) is 10.3 Å². The Hall–Kier alpha value is -4.05. The number of halogens is 1. The number of nitrogens with zero attached hydrogens (tertiary/aromatic N) is 5. The Bertz CT molecular complexity index is 1370. The number of hydrogen-bond donors (Lipinski definition) is 3. The molecule has 3 heterocycles. The standard InChI is InChI=1S/C29H32FN7O2/c30-22-2-1-3-25(13-22)39-24-7-5-23(6-8-24)31-14-19-10-11-37(18-19)29-32-17-27(35-36-29)26-9-4-20(12-28(26)38)21-15-33-34-16-21/h1-4,9,12-13,15-17,19,23-24,31,38H,5-8,10-11,14,18H2,(H,33,34).